The van der Waals surface area contributed by atoms with E-state index in [0.29, 0.717) is 5.91 Å². The van der Waals surface area contributed by atoms with E-state index in [1.165, 1.54) is 12.8 Å². The van der Waals surface area contributed by atoms with Gasteiger partial charge in [0.15, 0.2) is 0 Å². The lowest BCUT2D eigenvalue weighted by Gasteiger charge is -2.14. The van der Waals surface area contributed by atoms with Crippen LogP contribution >= 0.6 is 0 Å². The van der Waals surface area contributed by atoms with E-state index >= 15 is 0 Å². The van der Waals surface area contributed by atoms with Gasteiger partial charge in [-0.05, 0) is 19.3 Å². The highest BCUT2D eigenvalue weighted by Gasteiger charge is 2.16. The topological polar surface area (TPSA) is 20.3 Å². The summed E-state index contributed by atoms with van der Waals surface area (Å²) in [7, 11) is 0. The van der Waals surface area contributed by atoms with E-state index in [2.05, 4.69) is 6.92 Å². The molecule has 0 aromatic carbocycles. The summed E-state index contributed by atoms with van der Waals surface area (Å²) in [6.07, 6.45) is 6.17. The van der Waals surface area contributed by atoms with E-state index in [1.807, 2.05) is 4.90 Å². The highest BCUT2D eigenvalue weighted by Crippen LogP contribution is 2.10. The Kier molecular flexibility index (Phi) is 4.12. The van der Waals surface area contributed by atoms with Crippen molar-refractivity contribution in [3.63, 3.8) is 0 Å². The van der Waals surface area contributed by atoms with Gasteiger partial charge >= 0.3 is 0 Å². The molecule has 0 aromatic heterocycles. The summed E-state index contributed by atoms with van der Waals surface area (Å²) < 4.78 is 0. The van der Waals surface area contributed by atoms with Crippen molar-refractivity contribution in [1.29, 1.82) is 0 Å². The molecule has 12 heavy (non-hydrogen) atoms. The lowest BCUT2D eigenvalue weighted by Crippen LogP contribution is -2.27. The number of carbonyl (C=O) groups excluding carboxylic acids is 1. The Hall–Kier alpha value is -0.530. The lowest BCUT2D eigenvalue weighted by atomic mass is 10.2. The number of likely N-dealkylation sites (tertiary alicyclic amines) is 1. The van der Waals surface area contributed by atoms with E-state index in [0.717, 1.165) is 38.8 Å². The van der Waals surface area contributed by atoms with Gasteiger partial charge in [0, 0.05) is 19.5 Å². The molecule has 69 valence electrons. The number of hydrogen-bond donors (Lipinski definition) is 0. The molecular formula is C10H18NO. The number of rotatable bonds is 4. The SMILES string of the molecule is [CH2]CCCCC(=O)N1CCCC1. The van der Waals surface area contributed by atoms with Gasteiger partial charge in [0.2, 0.25) is 5.91 Å². The molecular weight excluding hydrogens is 150 g/mol. The number of carbonyl (C=O) groups is 1. The summed E-state index contributed by atoms with van der Waals surface area (Å²) in [6, 6.07) is 0. The molecule has 1 heterocycles. The van der Waals surface area contributed by atoms with Crippen LogP contribution < -0.4 is 0 Å². The van der Waals surface area contributed by atoms with Crippen molar-refractivity contribution in [2.45, 2.75) is 38.5 Å². The average Bonchev–Trinajstić information content (AvgIpc) is 2.56. The maximum atomic E-state index is 11.4. The van der Waals surface area contributed by atoms with Crippen molar-refractivity contribution in [2.24, 2.45) is 0 Å². The monoisotopic (exact) mass is 168 g/mol. The molecule has 1 amide bonds. The minimum atomic E-state index is 0.348. The highest BCUT2D eigenvalue weighted by molar-refractivity contribution is 5.76. The summed E-state index contributed by atoms with van der Waals surface area (Å²) >= 11 is 0. The van der Waals surface area contributed by atoms with Crippen LogP contribution in [0.15, 0.2) is 0 Å². The van der Waals surface area contributed by atoms with E-state index in [4.69, 9.17) is 0 Å². The van der Waals surface area contributed by atoms with Gasteiger partial charge in [0.05, 0.1) is 0 Å². The van der Waals surface area contributed by atoms with Gasteiger partial charge in [-0.25, -0.2) is 0 Å². The molecule has 1 fully saturated rings. The summed E-state index contributed by atoms with van der Waals surface area (Å²) in [6.45, 7) is 5.73. The highest BCUT2D eigenvalue weighted by atomic mass is 16.2. The number of unbranched alkanes of at least 4 members (excludes halogenated alkanes) is 2. The van der Waals surface area contributed by atoms with Crippen LogP contribution in [0, 0.1) is 6.92 Å². The van der Waals surface area contributed by atoms with Crippen molar-refractivity contribution in [2.75, 3.05) is 13.1 Å². The van der Waals surface area contributed by atoms with Gasteiger partial charge in [-0.1, -0.05) is 19.8 Å². The molecule has 0 aromatic rings. The second-order valence-corrected chi connectivity index (χ2v) is 3.40. The van der Waals surface area contributed by atoms with E-state index in [9.17, 15) is 4.79 Å². The molecule has 0 saturated carbocycles. The first-order valence-electron chi connectivity index (χ1n) is 4.91. The minimum Gasteiger partial charge on any atom is -0.343 e. The van der Waals surface area contributed by atoms with E-state index in [1.54, 1.807) is 0 Å². The molecule has 1 aliphatic heterocycles. The van der Waals surface area contributed by atoms with Crippen LogP contribution in [0.5, 0.6) is 0 Å². The van der Waals surface area contributed by atoms with E-state index in [-0.39, 0.29) is 0 Å². The second-order valence-electron chi connectivity index (χ2n) is 3.40. The van der Waals surface area contributed by atoms with Crippen molar-refractivity contribution in [3.8, 4) is 0 Å². The Labute approximate surface area is 74.9 Å². The fourth-order valence-electron chi connectivity index (χ4n) is 1.58. The zero-order chi connectivity index (χ0) is 8.81. The van der Waals surface area contributed by atoms with Gasteiger partial charge in [-0.15, -0.1) is 0 Å². The standard InChI is InChI=1S/C10H18NO/c1-2-3-4-7-10(12)11-8-5-6-9-11/h1-9H2. The summed E-state index contributed by atoms with van der Waals surface area (Å²) in [5.74, 6) is 0.348. The van der Waals surface area contributed by atoms with Crippen LogP contribution in [0.2, 0.25) is 0 Å². The van der Waals surface area contributed by atoms with Crippen LogP contribution in [-0.2, 0) is 4.79 Å². The van der Waals surface area contributed by atoms with Crippen LogP contribution in [0.1, 0.15) is 38.5 Å². The molecule has 1 aliphatic rings. The second kappa shape index (κ2) is 5.18. The van der Waals surface area contributed by atoms with Gasteiger partial charge in [0.25, 0.3) is 0 Å². The predicted octanol–water partition coefficient (Wildman–Crippen LogP) is 2.00. The zero-order valence-electron chi connectivity index (χ0n) is 7.72. The Morgan fingerprint density at radius 3 is 2.50 bits per heavy atom. The third-order valence-electron chi connectivity index (χ3n) is 2.35. The number of nitrogens with zero attached hydrogens (tertiary/aromatic N) is 1. The molecule has 2 heteroatoms. The first kappa shape index (κ1) is 9.56. The molecule has 0 aliphatic carbocycles. The summed E-state index contributed by atoms with van der Waals surface area (Å²) in [5, 5.41) is 0. The van der Waals surface area contributed by atoms with Crippen LogP contribution in [0.4, 0.5) is 0 Å². The third kappa shape index (κ3) is 2.84. The number of amides is 1. The Bertz CT molecular complexity index is 139. The predicted molar refractivity (Wildman–Crippen MR) is 49.6 cm³/mol. The third-order valence-corrected chi connectivity index (χ3v) is 2.35. The summed E-state index contributed by atoms with van der Waals surface area (Å²) in [4.78, 5) is 13.4. The Morgan fingerprint density at radius 1 is 1.25 bits per heavy atom. The molecule has 0 unspecified atom stereocenters. The van der Waals surface area contributed by atoms with Gasteiger partial charge in [-0.2, -0.15) is 0 Å². The first-order chi connectivity index (χ1) is 5.84. The molecule has 1 radical (unpaired) electrons. The molecule has 0 atom stereocenters. The minimum absolute atomic E-state index is 0.348. The lowest BCUT2D eigenvalue weighted by molar-refractivity contribution is -0.130. The molecule has 2 nitrogen and oxygen atoms in total. The molecule has 1 saturated heterocycles. The Morgan fingerprint density at radius 2 is 1.92 bits per heavy atom. The molecule has 0 bridgehead atoms. The first-order valence-corrected chi connectivity index (χ1v) is 4.91. The zero-order valence-corrected chi connectivity index (χ0v) is 7.72. The van der Waals surface area contributed by atoms with Crippen molar-refractivity contribution >= 4 is 5.91 Å². The summed E-state index contributed by atoms with van der Waals surface area (Å²) in [5.41, 5.74) is 0. The molecule has 1 rings (SSSR count). The van der Waals surface area contributed by atoms with Gasteiger partial charge < -0.3 is 4.90 Å². The number of hydrogen-bond acceptors (Lipinski definition) is 1. The van der Waals surface area contributed by atoms with Crippen molar-refractivity contribution in [3.05, 3.63) is 6.92 Å². The molecule has 0 N–H and O–H groups in total. The van der Waals surface area contributed by atoms with Gasteiger partial charge in [0.1, 0.15) is 0 Å². The maximum Gasteiger partial charge on any atom is 0.222 e. The van der Waals surface area contributed by atoms with Crippen molar-refractivity contribution in [1.82, 2.24) is 4.90 Å². The average molecular weight is 168 g/mol. The quantitative estimate of drug-likeness (QED) is 0.588. The van der Waals surface area contributed by atoms with Crippen LogP contribution in [0.25, 0.3) is 0 Å². The molecule has 0 spiro atoms. The fourth-order valence-corrected chi connectivity index (χ4v) is 1.58. The normalized spacial score (nSPS) is 16.9. The smallest absolute Gasteiger partial charge is 0.222 e. The van der Waals surface area contributed by atoms with Gasteiger partial charge in [-0.3, -0.25) is 4.79 Å². The van der Waals surface area contributed by atoms with Crippen molar-refractivity contribution < 1.29 is 4.79 Å². The largest absolute Gasteiger partial charge is 0.343 e. The fraction of sp³-hybridized carbons (Fsp3) is 0.800. The van der Waals surface area contributed by atoms with Crippen LogP contribution in [0.3, 0.4) is 0 Å². The van der Waals surface area contributed by atoms with E-state index < -0.39 is 0 Å². The Balaban J connectivity index is 2.10. The van der Waals surface area contributed by atoms with Crippen LogP contribution in [-0.4, -0.2) is 23.9 Å². The maximum absolute atomic E-state index is 11.4.